The molecule has 1 N–H and O–H groups in total. The number of hydrogen-bond donors (Lipinski definition) is 1. The fraction of sp³-hybridized carbons (Fsp3) is 0.909. The molecule has 32 heavy (non-hydrogen) atoms. The fourth-order valence-corrected chi connectivity index (χ4v) is 2.88. The summed E-state index contributed by atoms with van der Waals surface area (Å²) in [5, 5.41) is 8.27. The molecule has 0 radical (unpaired) electrons. The molecule has 0 saturated heterocycles. The number of aliphatic carboxylic acids is 1. The van der Waals surface area contributed by atoms with E-state index in [2.05, 4.69) is 0 Å². The first-order valence-electron chi connectivity index (χ1n) is 7.04. The topological polar surface area (TPSA) is 74.7 Å². The number of nitrogens with zero attached hydrogens (tertiary/aromatic N) is 1. The molecular weight excluding hydrogens is 527 g/mol. The van der Waals surface area contributed by atoms with E-state index < -0.39 is 74.3 Å². The van der Waals surface area contributed by atoms with Gasteiger partial charge in [-0.2, -0.15) is 70.2 Å². The molecule has 0 heterocycles. The summed E-state index contributed by atoms with van der Waals surface area (Å²) in [5.41, 5.74) is 0. The first-order chi connectivity index (χ1) is 13.5. The number of hydrogen-bond acceptors (Lipinski definition) is 3. The summed E-state index contributed by atoms with van der Waals surface area (Å²) in [5.74, 6) is -54.4. The van der Waals surface area contributed by atoms with Crippen LogP contribution in [0.25, 0.3) is 0 Å². The molecule has 0 amide bonds. The van der Waals surface area contributed by atoms with Crippen molar-refractivity contribution in [3.63, 3.8) is 0 Å². The molecule has 0 aliphatic heterocycles. The normalized spacial score (nSPS) is 15.9. The second-order valence-corrected chi connectivity index (χ2v) is 8.06. The lowest BCUT2D eigenvalue weighted by atomic mass is 9.91. The molecule has 21 heteroatoms. The second kappa shape index (κ2) is 7.97. The average molecular weight is 535 g/mol. The average Bonchev–Trinajstić information content (AvgIpc) is 2.51. The summed E-state index contributed by atoms with van der Waals surface area (Å²) in [6.07, 6.45) is -7.75. The standard InChI is InChI=1S/C11H8F15NO4S/c1-27(2-4(28)29)32(30,31)3-5(12,13)6(14,15)7(16,17)8(18,19)9(20,21)10(22,23)11(24,25)26/h2-3H2,1H3,(H,28,29). The summed E-state index contributed by atoms with van der Waals surface area (Å²) in [6, 6.07) is 0. The highest BCUT2D eigenvalue weighted by molar-refractivity contribution is 7.89. The van der Waals surface area contributed by atoms with E-state index in [4.69, 9.17) is 5.11 Å². The minimum absolute atomic E-state index is 0.0858. The highest BCUT2D eigenvalue weighted by atomic mass is 32.2. The Kier molecular flexibility index (Phi) is 7.56. The Hall–Kier alpha value is -1.67. The van der Waals surface area contributed by atoms with Crippen molar-refractivity contribution in [2.45, 2.75) is 41.7 Å². The Bertz CT molecular complexity index is 820. The van der Waals surface area contributed by atoms with Crippen LogP contribution in [0, 0.1) is 0 Å². The minimum Gasteiger partial charge on any atom is -0.480 e. The molecule has 192 valence electrons. The Morgan fingerprint density at radius 1 is 0.688 bits per heavy atom. The summed E-state index contributed by atoms with van der Waals surface area (Å²) in [7, 11) is -5.97. The molecule has 0 saturated carbocycles. The van der Waals surface area contributed by atoms with E-state index in [0.717, 1.165) is 0 Å². The monoisotopic (exact) mass is 535 g/mol. The number of carboxylic acids is 1. The van der Waals surface area contributed by atoms with E-state index in [1.54, 1.807) is 0 Å². The number of alkyl halides is 15. The van der Waals surface area contributed by atoms with Crippen LogP contribution in [-0.2, 0) is 14.8 Å². The predicted molar refractivity (Wildman–Crippen MR) is 69.8 cm³/mol. The van der Waals surface area contributed by atoms with Crippen molar-refractivity contribution < 1.29 is 84.2 Å². The van der Waals surface area contributed by atoms with Gasteiger partial charge in [0.25, 0.3) is 0 Å². The number of sulfonamides is 1. The predicted octanol–water partition coefficient (Wildman–Crippen LogP) is 3.71. The van der Waals surface area contributed by atoms with E-state index in [-0.39, 0.29) is 7.05 Å². The molecule has 0 bridgehead atoms. The van der Waals surface area contributed by atoms with Crippen LogP contribution in [-0.4, -0.2) is 84.9 Å². The number of likely N-dealkylation sites (N-methyl/N-ethyl adjacent to an activating group) is 1. The van der Waals surface area contributed by atoms with Gasteiger partial charge in [0.05, 0.1) is 0 Å². The maximum Gasteiger partial charge on any atom is 0.460 e. The van der Waals surface area contributed by atoms with Crippen molar-refractivity contribution in [3.8, 4) is 0 Å². The van der Waals surface area contributed by atoms with Gasteiger partial charge in [-0.15, -0.1) is 0 Å². The van der Waals surface area contributed by atoms with Gasteiger partial charge in [-0.3, -0.25) is 4.79 Å². The number of carbonyl (C=O) groups is 1. The summed E-state index contributed by atoms with van der Waals surface area (Å²) in [6.45, 7) is -1.79. The van der Waals surface area contributed by atoms with Gasteiger partial charge in [-0.1, -0.05) is 0 Å². The molecule has 0 atom stereocenters. The number of halogens is 15. The van der Waals surface area contributed by atoms with Gasteiger partial charge in [0, 0.05) is 7.05 Å². The second-order valence-electron chi connectivity index (χ2n) is 5.98. The van der Waals surface area contributed by atoms with E-state index >= 15 is 0 Å². The third kappa shape index (κ3) is 4.53. The van der Waals surface area contributed by atoms with Gasteiger partial charge in [0.2, 0.25) is 10.0 Å². The largest absolute Gasteiger partial charge is 0.480 e. The van der Waals surface area contributed by atoms with Crippen molar-refractivity contribution in [1.29, 1.82) is 0 Å². The highest BCUT2D eigenvalue weighted by Crippen LogP contribution is 2.62. The van der Waals surface area contributed by atoms with Crippen molar-refractivity contribution in [2.24, 2.45) is 0 Å². The maximum absolute atomic E-state index is 13.6. The zero-order valence-corrected chi connectivity index (χ0v) is 15.4. The number of rotatable bonds is 10. The molecule has 0 aromatic rings. The quantitative estimate of drug-likeness (QED) is 0.434. The zero-order chi connectivity index (χ0) is 26.6. The molecule has 0 aliphatic carbocycles. The lowest BCUT2D eigenvalue weighted by Crippen LogP contribution is -2.73. The molecule has 0 fully saturated rings. The van der Waals surface area contributed by atoms with Crippen LogP contribution in [0.3, 0.4) is 0 Å². The molecule has 0 aromatic heterocycles. The van der Waals surface area contributed by atoms with Gasteiger partial charge in [-0.25, -0.2) is 8.42 Å². The fourth-order valence-electron chi connectivity index (χ4n) is 1.72. The Balaban J connectivity index is 6.52. The molecule has 0 aromatic carbocycles. The van der Waals surface area contributed by atoms with Gasteiger partial charge in [0.15, 0.2) is 0 Å². The summed E-state index contributed by atoms with van der Waals surface area (Å²) < 4.78 is 217. The smallest absolute Gasteiger partial charge is 0.460 e. The van der Waals surface area contributed by atoms with Crippen LogP contribution < -0.4 is 0 Å². The Labute approximate surface area is 166 Å². The van der Waals surface area contributed by atoms with Crippen LogP contribution in [0.1, 0.15) is 0 Å². The van der Waals surface area contributed by atoms with E-state index in [0.29, 0.717) is 0 Å². The third-order valence-electron chi connectivity index (χ3n) is 3.59. The lowest BCUT2D eigenvalue weighted by Gasteiger charge is -2.41. The maximum atomic E-state index is 13.6. The van der Waals surface area contributed by atoms with Crippen LogP contribution >= 0.6 is 0 Å². The molecule has 0 unspecified atom stereocenters. The van der Waals surface area contributed by atoms with Gasteiger partial charge in [0.1, 0.15) is 12.3 Å². The highest BCUT2D eigenvalue weighted by Gasteiger charge is 2.93. The van der Waals surface area contributed by atoms with E-state index in [9.17, 15) is 79.1 Å². The van der Waals surface area contributed by atoms with Gasteiger partial charge < -0.3 is 5.11 Å². The van der Waals surface area contributed by atoms with Crippen molar-refractivity contribution in [2.75, 3.05) is 19.3 Å². The summed E-state index contributed by atoms with van der Waals surface area (Å²) in [4.78, 5) is 10.3. The number of carboxylic acid groups (broad SMARTS) is 1. The molecule has 0 aliphatic rings. The van der Waals surface area contributed by atoms with Crippen LogP contribution in [0.5, 0.6) is 0 Å². The van der Waals surface area contributed by atoms with Crippen LogP contribution in [0.4, 0.5) is 65.9 Å². The van der Waals surface area contributed by atoms with Crippen LogP contribution in [0.2, 0.25) is 0 Å². The summed E-state index contributed by atoms with van der Waals surface area (Å²) >= 11 is 0. The first-order valence-corrected chi connectivity index (χ1v) is 8.65. The van der Waals surface area contributed by atoms with Crippen molar-refractivity contribution >= 4 is 16.0 Å². The molecule has 0 spiro atoms. The van der Waals surface area contributed by atoms with E-state index in [1.165, 1.54) is 0 Å². The third-order valence-corrected chi connectivity index (χ3v) is 5.40. The van der Waals surface area contributed by atoms with Gasteiger partial charge >= 0.3 is 47.7 Å². The zero-order valence-electron chi connectivity index (χ0n) is 14.6. The van der Waals surface area contributed by atoms with Crippen molar-refractivity contribution in [3.05, 3.63) is 0 Å². The van der Waals surface area contributed by atoms with Crippen molar-refractivity contribution in [1.82, 2.24) is 4.31 Å². The molecular formula is C11H8F15NO4S. The van der Waals surface area contributed by atoms with E-state index in [1.807, 2.05) is 0 Å². The lowest BCUT2D eigenvalue weighted by molar-refractivity contribution is -0.451. The minimum atomic E-state index is -8.54. The van der Waals surface area contributed by atoms with Gasteiger partial charge in [-0.05, 0) is 0 Å². The molecule has 0 rings (SSSR count). The Morgan fingerprint density at radius 3 is 1.31 bits per heavy atom. The SMILES string of the molecule is CN(CC(=O)O)S(=O)(=O)CC(F)(F)C(F)(F)C(F)(F)C(F)(F)C(F)(F)C(F)(F)C(F)(F)F. The first kappa shape index (κ1) is 30.3. The molecule has 5 nitrogen and oxygen atoms in total. The Morgan fingerprint density at radius 2 is 1.00 bits per heavy atom. The van der Waals surface area contributed by atoms with Crippen LogP contribution in [0.15, 0.2) is 0 Å².